The molecule has 1 aromatic heterocycles. The minimum atomic E-state index is -0.639. The predicted molar refractivity (Wildman–Crippen MR) is 89.3 cm³/mol. The van der Waals surface area contributed by atoms with Crippen LogP contribution in [-0.4, -0.2) is 21.4 Å². The van der Waals surface area contributed by atoms with Crippen molar-refractivity contribution in [1.29, 1.82) is 5.26 Å². The number of aliphatic hydroxyl groups is 1. The van der Waals surface area contributed by atoms with Crippen LogP contribution < -0.4 is 5.56 Å². The molecule has 2 rings (SSSR count). The molecule has 0 aliphatic heterocycles. The van der Waals surface area contributed by atoms with Crippen LogP contribution in [0.5, 0.6) is 5.88 Å². The number of rotatable bonds is 4. The summed E-state index contributed by atoms with van der Waals surface area (Å²) >= 11 is 6.02. The van der Waals surface area contributed by atoms with Crippen molar-refractivity contribution >= 4 is 23.0 Å². The normalized spacial score (nSPS) is 11.0. The lowest BCUT2D eigenvalue weighted by molar-refractivity contribution is 0.263. The molecule has 1 aromatic carbocycles. The Balaban J connectivity index is 2.59. The van der Waals surface area contributed by atoms with Crippen LogP contribution in [0.25, 0.3) is 0 Å². The van der Waals surface area contributed by atoms with Gasteiger partial charge in [0.2, 0.25) is 5.88 Å². The molecule has 0 unspecified atom stereocenters. The number of aryl methyl sites for hydroxylation is 1. The zero-order valence-electron chi connectivity index (χ0n) is 13.1. The molecular formula is C16H15ClN4O3. The maximum absolute atomic E-state index is 12.4. The van der Waals surface area contributed by atoms with Crippen molar-refractivity contribution in [2.75, 3.05) is 6.61 Å². The number of aromatic nitrogens is 1. The van der Waals surface area contributed by atoms with Crippen LogP contribution >= 0.6 is 11.6 Å². The molecule has 0 aliphatic rings. The van der Waals surface area contributed by atoms with E-state index in [1.165, 1.54) is 6.92 Å². The number of halogens is 1. The molecule has 124 valence electrons. The fourth-order valence-corrected chi connectivity index (χ4v) is 2.29. The van der Waals surface area contributed by atoms with E-state index < -0.39 is 11.4 Å². The Kier molecular flexibility index (Phi) is 5.34. The smallest absolute Gasteiger partial charge is 0.281 e. The van der Waals surface area contributed by atoms with E-state index in [1.807, 2.05) is 13.0 Å². The third-order valence-electron chi connectivity index (χ3n) is 3.51. The Morgan fingerprint density at radius 1 is 1.33 bits per heavy atom. The Morgan fingerprint density at radius 2 is 2.04 bits per heavy atom. The molecule has 0 bridgehead atoms. The highest BCUT2D eigenvalue weighted by molar-refractivity contribution is 6.31. The summed E-state index contributed by atoms with van der Waals surface area (Å²) in [6, 6.07) is 6.90. The van der Waals surface area contributed by atoms with Crippen LogP contribution in [0, 0.1) is 25.2 Å². The fourth-order valence-electron chi connectivity index (χ4n) is 2.12. The van der Waals surface area contributed by atoms with Crippen molar-refractivity contribution in [1.82, 2.24) is 4.57 Å². The summed E-state index contributed by atoms with van der Waals surface area (Å²) in [5.41, 5.74) is 0.753. The monoisotopic (exact) mass is 346 g/mol. The van der Waals surface area contributed by atoms with Gasteiger partial charge in [0.25, 0.3) is 5.56 Å². The molecule has 2 aromatic rings. The minimum absolute atomic E-state index is 0.0745. The molecule has 0 aliphatic carbocycles. The van der Waals surface area contributed by atoms with Crippen LogP contribution in [0.15, 0.2) is 33.2 Å². The highest BCUT2D eigenvalue weighted by Gasteiger charge is 2.18. The number of nitrogens with zero attached hydrogens (tertiary/aromatic N) is 4. The van der Waals surface area contributed by atoms with Crippen molar-refractivity contribution in [2.24, 2.45) is 10.2 Å². The van der Waals surface area contributed by atoms with Gasteiger partial charge >= 0.3 is 0 Å². The maximum atomic E-state index is 12.4. The van der Waals surface area contributed by atoms with Gasteiger partial charge in [-0.15, -0.1) is 5.11 Å². The SMILES string of the molecule is Cc1ccc(N=Nc2c(C)c(C#N)c(O)n(CCO)c2=O)cc1Cl. The van der Waals surface area contributed by atoms with Crippen LogP contribution in [0.3, 0.4) is 0 Å². The molecule has 1 heterocycles. The first-order chi connectivity index (χ1) is 11.4. The van der Waals surface area contributed by atoms with Gasteiger partial charge in [-0.25, -0.2) is 0 Å². The number of benzene rings is 1. The van der Waals surface area contributed by atoms with E-state index in [4.69, 9.17) is 16.7 Å². The summed E-state index contributed by atoms with van der Waals surface area (Å²) in [6.45, 7) is 2.82. The van der Waals surface area contributed by atoms with E-state index in [0.29, 0.717) is 10.7 Å². The lowest BCUT2D eigenvalue weighted by atomic mass is 10.1. The lowest BCUT2D eigenvalue weighted by Gasteiger charge is -2.11. The lowest BCUT2D eigenvalue weighted by Crippen LogP contribution is -2.23. The molecule has 0 saturated carbocycles. The molecule has 8 heteroatoms. The first-order valence-electron chi connectivity index (χ1n) is 7.06. The number of hydrogen-bond acceptors (Lipinski definition) is 6. The summed E-state index contributed by atoms with van der Waals surface area (Å²) in [7, 11) is 0. The van der Waals surface area contributed by atoms with Gasteiger partial charge in [0, 0.05) is 10.6 Å². The molecule has 0 radical (unpaired) electrons. The highest BCUT2D eigenvalue weighted by atomic mass is 35.5. The Labute approximate surface area is 143 Å². The van der Waals surface area contributed by atoms with Gasteiger partial charge in [-0.2, -0.15) is 10.4 Å². The van der Waals surface area contributed by atoms with E-state index in [2.05, 4.69) is 10.2 Å². The second-order valence-electron chi connectivity index (χ2n) is 5.10. The van der Waals surface area contributed by atoms with Crippen molar-refractivity contribution in [2.45, 2.75) is 20.4 Å². The number of aliphatic hydroxyl groups excluding tert-OH is 1. The summed E-state index contributed by atoms with van der Waals surface area (Å²) in [4.78, 5) is 12.4. The summed E-state index contributed by atoms with van der Waals surface area (Å²) < 4.78 is 0.891. The number of nitriles is 1. The van der Waals surface area contributed by atoms with Crippen molar-refractivity contribution < 1.29 is 10.2 Å². The van der Waals surface area contributed by atoms with Gasteiger partial charge in [0.05, 0.1) is 18.8 Å². The molecule has 0 fully saturated rings. The minimum Gasteiger partial charge on any atom is -0.493 e. The fraction of sp³-hybridized carbons (Fsp3) is 0.250. The van der Waals surface area contributed by atoms with Gasteiger partial charge in [-0.05, 0) is 31.5 Å². The Bertz CT molecular complexity index is 913. The van der Waals surface area contributed by atoms with Gasteiger partial charge in [-0.1, -0.05) is 17.7 Å². The average molecular weight is 347 g/mol. The largest absolute Gasteiger partial charge is 0.493 e. The van der Waals surface area contributed by atoms with Crippen molar-refractivity contribution in [3.8, 4) is 11.9 Å². The summed E-state index contributed by atoms with van der Waals surface area (Å²) in [5.74, 6) is -0.494. The maximum Gasteiger partial charge on any atom is 0.281 e. The van der Waals surface area contributed by atoms with Crippen molar-refractivity contribution in [3.63, 3.8) is 0 Å². The second kappa shape index (κ2) is 7.25. The quantitative estimate of drug-likeness (QED) is 0.828. The third-order valence-corrected chi connectivity index (χ3v) is 3.92. The average Bonchev–Trinajstić information content (AvgIpc) is 2.55. The van der Waals surface area contributed by atoms with Gasteiger partial charge < -0.3 is 10.2 Å². The standard InChI is InChI=1S/C16H15ClN4O3/c1-9-3-4-11(7-13(9)17)19-20-14-10(2)12(8-18)15(23)21(5-6-22)16(14)24/h3-4,7,22-23H,5-6H2,1-2H3. The van der Waals surface area contributed by atoms with E-state index in [1.54, 1.807) is 18.2 Å². The predicted octanol–water partition coefficient (Wildman–Crippen LogP) is 3.10. The molecule has 0 saturated heterocycles. The molecule has 2 N–H and O–H groups in total. The number of azo groups is 1. The number of hydrogen-bond donors (Lipinski definition) is 2. The second-order valence-corrected chi connectivity index (χ2v) is 5.51. The molecule has 0 spiro atoms. The molecule has 24 heavy (non-hydrogen) atoms. The molecule has 0 amide bonds. The van der Waals surface area contributed by atoms with E-state index in [9.17, 15) is 15.2 Å². The van der Waals surface area contributed by atoms with Crippen molar-refractivity contribution in [3.05, 3.63) is 50.3 Å². The molecule has 0 atom stereocenters. The van der Waals surface area contributed by atoms with Gasteiger partial charge in [-0.3, -0.25) is 9.36 Å². The van der Waals surface area contributed by atoms with Crippen LogP contribution in [-0.2, 0) is 6.54 Å². The Morgan fingerprint density at radius 3 is 2.62 bits per heavy atom. The van der Waals surface area contributed by atoms with E-state index in [0.717, 1.165) is 10.1 Å². The van der Waals surface area contributed by atoms with Gasteiger partial charge in [0.1, 0.15) is 11.6 Å². The molecular weight excluding hydrogens is 332 g/mol. The van der Waals surface area contributed by atoms with Crippen LogP contribution in [0.4, 0.5) is 11.4 Å². The zero-order chi connectivity index (χ0) is 17.9. The zero-order valence-corrected chi connectivity index (χ0v) is 13.9. The highest BCUT2D eigenvalue weighted by Crippen LogP contribution is 2.28. The first kappa shape index (κ1) is 17.7. The van der Waals surface area contributed by atoms with Crippen LogP contribution in [0.1, 0.15) is 16.7 Å². The first-order valence-corrected chi connectivity index (χ1v) is 7.43. The van der Waals surface area contributed by atoms with E-state index in [-0.39, 0.29) is 30.0 Å². The van der Waals surface area contributed by atoms with Gasteiger partial charge in [0.15, 0.2) is 5.69 Å². The Hall–Kier alpha value is -2.69. The summed E-state index contributed by atoms with van der Waals surface area (Å²) in [6.07, 6.45) is 0. The van der Waals surface area contributed by atoms with E-state index >= 15 is 0 Å². The number of aromatic hydroxyl groups is 1. The third kappa shape index (κ3) is 3.30. The summed E-state index contributed by atoms with van der Waals surface area (Å²) in [5, 5.41) is 36.6. The molecule has 7 nitrogen and oxygen atoms in total. The van der Waals surface area contributed by atoms with Crippen LogP contribution in [0.2, 0.25) is 5.02 Å². The topological polar surface area (TPSA) is 111 Å². The number of pyridine rings is 1.